The van der Waals surface area contributed by atoms with Crippen LogP contribution in [-0.4, -0.2) is 0 Å². The number of fused-ring (bicyclic) bond motifs is 2. The van der Waals surface area contributed by atoms with Crippen molar-refractivity contribution in [2.24, 2.45) is 0 Å². The Kier molecular flexibility index (Phi) is 8.95. The van der Waals surface area contributed by atoms with Gasteiger partial charge in [0, 0.05) is 17.1 Å². The van der Waals surface area contributed by atoms with Crippen LogP contribution in [0, 0.1) is 0 Å². The molecule has 0 radical (unpaired) electrons. The van der Waals surface area contributed by atoms with Gasteiger partial charge in [-0.2, -0.15) is 0 Å². The second kappa shape index (κ2) is 15.0. The Balaban J connectivity index is 1.07. The van der Waals surface area contributed by atoms with Crippen molar-refractivity contribution in [2.75, 3.05) is 4.90 Å². The lowest BCUT2D eigenvalue weighted by Gasteiger charge is -2.27. The molecule has 0 heterocycles. The summed E-state index contributed by atoms with van der Waals surface area (Å²) < 4.78 is 0. The Hall–Kier alpha value is -7.48. The van der Waals surface area contributed by atoms with Gasteiger partial charge < -0.3 is 4.90 Å². The number of nitrogens with zero attached hydrogens (tertiary/aromatic N) is 1. The maximum atomic E-state index is 2.38. The van der Waals surface area contributed by atoms with E-state index < -0.39 is 0 Å². The van der Waals surface area contributed by atoms with Gasteiger partial charge in [0.05, 0.1) is 0 Å². The van der Waals surface area contributed by atoms with Crippen LogP contribution in [0.5, 0.6) is 0 Å². The highest BCUT2D eigenvalue weighted by Crippen LogP contribution is 2.42. The molecule has 0 atom stereocenters. The minimum Gasteiger partial charge on any atom is -0.310 e. The number of hydrogen-bond acceptors (Lipinski definition) is 1. The molecule has 0 aliphatic carbocycles. The molecular formula is C56H39N. The molecule has 10 aromatic carbocycles. The van der Waals surface area contributed by atoms with Crippen molar-refractivity contribution in [2.45, 2.75) is 0 Å². The second-order valence-electron chi connectivity index (χ2n) is 14.6. The van der Waals surface area contributed by atoms with E-state index in [0.29, 0.717) is 0 Å². The molecule has 0 saturated carbocycles. The molecule has 0 aromatic heterocycles. The third-order valence-electron chi connectivity index (χ3n) is 11.1. The first-order chi connectivity index (χ1) is 28.2. The molecule has 0 N–H and O–H groups in total. The van der Waals surface area contributed by atoms with Gasteiger partial charge in [-0.15, -0.1) is 0 Å². The molecular weight excluding hydrogens is 687 g/mol. The summed E-state index contributed by atoms with van der Waals surface area (Å²) in [7, 11) is 0. The first-order valence-corrected chi connectivity index (χ1v) is 19.6. The SMILES string of the molecule is c1ccc(-c2ccc(-c3ccc(N(c4ccc(-c5ccc6ccccc6c5)cc4)c4ccc(-c5ccc6ccccc6c5)cc4)cc3-c3ccccc3)cc2)cc1. The standard InChI is InChI=1S/C56H39N/c1-3-11-40(12-4-1)43-19-23-47(24-20-43)55-36-35-54(39-56(55)46-15-5-2-6-16-46)57(52-31-27-44(28-32-52)50-25-21-41-13-7-9-17-48(41)37-50)53-33-29-45(30-34-53)51-26-22-42-14-8-10-18-49(42)38-51/h1-39H. The van der Waals surface area contributed by atoms with Crippen molar-refractivity contribution in [3.63, 3.8) is 0 Å². The Labute approximate surface area is 334 Å². The fourth-order valence-electron chi connectivity index (χ4n) is 8.04. The van der Waals surface area contributed by atoms with Crippen molar-refractivity contribution in [1.82, 2.24) is 0 Å². The maximum Gasteiger partial charge on any atom is 0.0468 e. The Morgan fingerprint density at radius 1 is 0.193 bits per heavy atom. The van der Waals surface area contributed by atoms with Crippen molar-refractivity contribution >= 4 is 38.6 Å². The lowest BCUT2D eigenvalue weighted by molar-refractivity contribution is 1.28. The highest BCUT2D eigenvalue weighted by molar-refractivity contribution is 5.92. The smallest absolute Gasteiger partial charge is 0.0468 e. The van der Waals surface area contributed by atoms with Gasteiger partial charge in [0.15, 0.2) is 0 Å². The number of rotatable bonds is 8. The van der Waals surface area contributed by atoms with Crippen LogP contribution < -0.4 is 4.90 Å². The molecule has 0 amide bonds. The van der Waals surface area contributed by atoms with Gasteiger partial charge in [0.25, 0.3) is 0 Å². The van der Waals surface area contributed by atoms with Crippen LogP contribution in [0.1, 0.15) is 0 Å². The van der Waals surface area contributed by atoms with Gasteiger partial charge in [-0.25, -0.2) is 0 Å². The Bertz CT molecular complexity index is 2840. The average molecular weight is 726 g/mol. The van der Waals surface area contributed by atoms with E-state index >= 15 is 0 Å². The van der Waals surface area contributed by atoms with Gasteiger partial charge in [0.2, 0.25) is 0 Å². The molecule has 1 heteroatoms. The molecule has 0 aliphatic rings. The third kappa shape index (κ3) is 6.88. The van der Waals surface area contributed by atoms with Crippen molar-refractivity contribution in [3.8, 4) is 55.6 Å². The zero-order valence-electron chi connectivity index (χ0n) is 31.5. The quantitative estimate of drug-likeness (QED) is 0.151. The van der Waals surface area contributed by atoms with Crippen molar-refractivity contribution in [1.29, 1.82) is 0 Å². The molecule has 10 rings (SSSR count). The summed E-state index contributed by atoms with van der Waals surface area (Å²) in [6.07, 6.45) is 0. The molecule has 1 nitrogen and oxygen atoms in total. The summed E-state index contributed by atoms with van der Waals surface area (Å²) in [6.45, 7) is 0. The van der Waals surface area contributed by atoms with Gasteiger partial charge in [0.1, 0.15) is 0 Å². The van der Waals surface area contributed by atoms with Crippen molar-refractivity contribution < 1.29 is 0 Å². The summed E-state index contributed by atoms with van der Waals surface area (Å²) >= 11 is 0. The predicted octanol–water partition coefficient (Wildman–Crippen LogP) is 15.8. The first kappa shape index (κ1) is 34.0. The fraction of sp³-hybridized carbons (Fsp3) is 0. The van der Waals surface area contributed by atoms with Crippen LogP contribution in [0.2, 0.25) is 0 Å². The molecule has 268 valence electrons. The summed E-state index contributed by atoms with van der Waals surface area (Å²) in [5.41, 5.74) is 15.3. The maximum absolute atomic E-state index is 2.38. The highest BCUT2D eigenvalue weighted by atomic mass is 15.1. The fourth-order valence-corrected chi connectivity index (χ4v) is 8.04. The molecule has 0 saturated heterocycles. The molecule has 10 aromatic rings. The summed E-state index contributed by atoms with van der Waals surface area (Å²) in [6, 6.07) is 85.7. The van der Waals surface area contributed by atoms with E-state index in [2.05, 4.69) is 241 Å². The van der Waals surface area contributed by atoms with Crippen LogP contribution >= 0.6 is 0 Å². The second-order valence-corrected chi connectivity index (χ2v) is 14.6. The molecule has 57 heavy (non-hydrogen) atoms. The summed E-state index contributed by atoms with van der Waals surface area (Å²) in [4.78, 5) is 2.38. The molecule has 0 fully saturated rings. The average Bonchev–Trinajstić information content (AvgIpc) is 3.30. The van der Waals surface area contributed by atoms with Crippen LogP contribution in [0.3, 0.4) is 0 Å². The molecule has 0 spiro atoms. The predicted molar refractivity (Wildman–Crippen MR) is 243 cm³/mol. The third-order valence-corrected chi connectivity index (χ3v) is 11.1. The normalized spacial score (nSPS) is 11.2. The molecule has 0 aliphatic heterocycles. The minimum absolute atomic E-state index is 1.09. The minimum atomic E-state index is 1.09. The van der Waals surface area contributed by atoms with E-state index in [0.717, 1.165) is 17.1 Å². The molecule has 0 unspecified atom stereocenters. The first-order valence-electron chi connectivity index (χ1n) is 19.6. The monoisotopic (exact) mass is 725 g/mol. The van der Waals surface area contributed by atoms with E-state index in [1.165, 1.54) is 77.2 Å². The lowest BCUT2D eigenvalue weighted by Crippen LogP contribution is -2.10. The summed E-state index contributed by atoms with van der Waals surface area (Å²) in [5.74, 6) is 0. The van der Waals surface area contributed by atoms with E-state index in [9.17, 15) is 0 Å². The zero-order valence-corrected chi connectivity index (χ0v) is 31.5. The largest absolute Gasteiger partial charge is 0.310 e. The number of anilines is 3. The number of benzene rings is 10. The Morgan fingerprint density at radius 3 is 1.07 bits per heavy atom. The number of hydrogen-bond donors (Lipinski definition) is 0. The van der Waals surface area contributed by atoms with Crippen molar-refractivity contribution in [3.05, 3.63) is 237 Å². The zero-order chi connectivity index (χ0) is 38.0. The summed E-state index contributed by atoms with van der Waals surface area (Å²) in [5, 5.41) is 4.99. The van der Waals surface area contributed by atoms with E-state index in [4.69, 9.17) is 0 Å². The van der Waals surface area contributed by atoms with Crippen LogP contribution in [0.15, 0.2) is 237 Å². The van der Waals surface area contributed by atoms with Crippen LogP contribution in [0.4, 0.5) is 17.1 Å². The van der Waals surface area contributed by atoms with E-state index in [1.807, 2.05) is 0 Å². The van der Waals surface area contributed by atoms with Gasteiger partial charge in [-0.1, -0.05) is 188 Å². The van der Waals surface area contributed by atoms with Crippen LogP contribution in [0.25, 0.3) is 77.2 Å². The van der Waals surface area contributed by atoms with E-state index in [-0.39, 0.29) is 0 Å². The van der Waals surface area contributed by atoms with Crippen LogP contribution in [-0.2, 0) is 0 Å². The topological polar surface area (TPSA) is 3.24 Å². The lowest BCUT2D eigenvalue weighted by atomic mass is 9.92. The Morgan fingerprint density at radius 2 is 0.544 bits per heavy atom. The van der Waals surface area contributed by atoms with Gasteiger partial charge in [-0.05, 0) is 126 Å². The van der Waals surface area contributed by atoms with E-state index in [1.54, 1.807) is 0 Å². The van der Waals surface area contributed by atoms with Gasteiger partial charge >= 0.3 is 0 Å². The van der Waals surface area contributed by atoms with Gasteiger partial charge in [-0.3, -0.25) is 0 Å². The molecule has 0 bridgehead atoms. The highest BCUT2D eigenvalue weighted by Gasteiger charge is 2.17.